The molecule has 0 fully saturated rings. The molecule has 4 heterocycles. The van der Waals surface area contributed by atoms with E-state index in [4.69, 9.17) is 8.83 Å². The highest BCUT2D eigenvalue weighted by molar-refractivity contribution is 6.10. The van der Waals surface area contributed by atoms with Gasteiger partial charge in [0.25, 0.3) is 0 Å². The minimum absolute atomic E-state index is 0.867. The molecule has 89 heavy (non-hydrogen) atoms. The average molecular weight is 1140 g/mol. The van der Waals surface area contributed by atoms with Gasteiger partial charge < -0.3 is 18.6 Å². The van der Waals surface area contributed by atoms with Crippen molar-refractivity contribution in [3.05, 3.63) is 343 Å². The van der Waals surface area contributed by atoms with E-state index in [0.29, 0.717) is 0 Å². The molecular formula is C85H56N2O2. The molecule has 18 rings (SSSR count). The quantitative estimate of drug-likeness (QED) is 0.152. The maximum absolute atomic E-state index is 7.00. The van der Waals surface area contributed by atoms with Crippen molar-refractivity contribution < 1.29 is 8.83 Å². The summed E-state index contributed by atoms with van der Waals surface area (Å²) in [6.07, 6.45) is 6.34. The predicted octanol–water partition coefficient (Wildman–Crippen LogP) is 23.2. The molecule has 15 aromatic rings. The molecule has 3 aliphatic rings. The Bertz CT molecular complexity index is 5200. The Balaban J connectivity index is 0.994. The van der Waals surface area contributed by atoms with Crippen LogP contribution in [0.4, 0.5) is 34.1 Å². The molecule has 0 radical (unpaired) electrons. The lowest BCUT2D eigenvalue weighted by Gasteiger charge is -2.52. The summed E-state index contributed by atoms with van der Waals surface area (Å²) in [4.78, 5) is 5.04. The highest BCUT2D eigenvalue weighted by Crippen LogP contribution is 2.66. The number of hydrogen-bond acceptors (Lipinski definition) is 4. The summed E-state index contributed by atoms with van der Waals surface area (Å²) in [5, 5.41) is 3.36. The van der Waals surface area contributed by atoms with Crippen molar-refractivity contribution >= 4 is 73.1 Å². The van der Waals surface area contributed by atoms with E-state index in [-0.39, 0.29) is 0 Å². The molecule has 1 aliphatic carbocycles. The molecule has 4 nitrogen and oxygen atoms in total. The molecule has 0 amide bonds. The molecule has 0 unspecified atom stereocenters. The van der Waals surface area contributed by atoms with E-state index in [2.05, 4.69) is 325 Å². The van der Waals surface area contributed by atoms with Gasteiger partial charge in [-0.15, -0.1) is 0 Å². The van der Waals surface area contributed by atoms with Gasteiger partial charge >= 0.3 is 0 Å². The van der Waals surface area contributed by atoms with Crippen LogP contribution >= 0.6 is 0 Å². The van der Waals surface area contributed by atoms with E-state index in [9.17, 15) is 0 Å². The summed E-state index contributed by atoms with van der Waals surface area (Å²) < 4.78 is 14.0. The summed E-state index contributed by atoms with van der Waals surface area (Å²) in [6, 6.07) is 112. The molecule has 0 atom stereocenters. The average Bonchev–Trinajstić information content (AvgIpc) is 1.22. The second-order valence-corrected chi connectivity index (χ2v) is 23.8. The Morgan fingerprint density at radius 1 is 0.292 bits per heavy atom. The minimum Gasteiger partial charge on any atom is -0.456 e. The predicted molar refractivity (Wildman–Crippen MR) is 368 cm³/mol. The van der Waals surface area contributed by atoms with E-state index < -0.39 is 5.41 Å². The van der Waals surface area contributed by atoms with Gasteiger partial charge in [-0.2, -0.15) is 0 Å². The van der Waals surface area contributed by atoms with Crippen molar-refractivity contribution in [3.8, 4) is 66.8 Å². The molecule has 0 bridgehead atoms. The van der Waals surface area contributed by atoms with Crippen LogP contribution in [0.5, 0.6) is 0 Å². The first kappa shape index (κ1) is 50.8. The molecule has 2 aliphatic heterocycles. The van der Waals surface area contributed by atoms with Gasteiger partial charge in [0.1, 0.15) is 22.5 Å². The van der Waals surface area contributed by atoms with E-state index in [1.807, 2.05) is 0 Å². The van der Waals surface area contributed by atoms with Crippen LogP contribution in [0.3, 0.4) is 0 Å². The van der Waals surface area contributed by atoms with Gasteiger partial charge in [0.15, 0.2) is 0 Å². The lowest BCUT2D eigenvalue weighted by atomic mass is 9.59. The molecular weight excluding hydrogens is 1080 g/mol. The van der Waals surface area contributed by atoms with Gasteiger partial charge in [-0.25, -0.2) is 0 Å². The lowest BCUT2D eigenvalue weighted by Crippen LogP contribution is -2.42. The zero-order valence-corrected chi connectivity index (χ0v) is 48.6. The third-order valence-corrected chi connectivity index (χ3v) is 19.0. The smallest absolute Gasteiger partial charge is 0.143 e. The maximum Gasteiger partial charge on any atom is 0.143 e. The van der Waals surface area contributed by atoms with Crippen LogP contribution in [-0.4, -0.2) is 0 Å². The molecule has 4 heteroatoms. The molecule has 13 aromatic carbocycles. The second-order valence-electron chi connectivity index (χ2n) is 23.8. The number of para-hydroxylation sites is 3. The third kappa shape index (κ3) is 8.00. The molecule has 0 N–H and O–H groups in total. The maximum atomic E-state index is 7.00. The molecule has 2 aromatic heterocycles. The molecule has 0 saturated heterocycles. The summed E-state index contributed by atoms with van der Waals surface area (Å²) in [6.45, 7) is 0. The van der Waals surface area contributed by atoms with Gasteiger partial charge in [-0.1, -0.05) is 231 Å². The number of furan rings is 2. The molecule has 1 spiro atoms. The Kier molecular flexibility index (Phi) is 11.6. The topological polar surface area (TPSA) is 32.8 Å². The standard InChI is InChI=1S/C85H56N2O2/c1-5-19-55(20-6-1)59-35-43-65(44-36-59)86-77-47-39-61(57-23-9-3-10-24-57)51-73(77)85(74-52-62(40-48-78(74)86)58-25-11-4-12-26-58)75-53-63(67-29-17-31-71-69-27-13-15-33-81(69)88-83(67)71)41-49-79(75)87(66-45-37-60(38-46-66)56-21-7-2-8-22-56)80-50-42-64(54-76(80)85)68-30-18-32-72-70-28-14-16-34-82(70)89-84(68)72/h1-13,15-27,29-54H,14,28H2. The van der Waals surface area contributed by atoms with E-state index in [0.717, 1.165) is 147 Å². The Labute approximate surface area is 516 Å². The van der Waals surface area contributed by atoms with Crippen molar-refractivity contribution in [1.29, 1.82) is 0 Å². The highest BCUT2D eigenvalue weighted by Gasteiger charge is 2.53. The van der Waals surface area contributed by atoms with Gasteiger partial charge in [-0.05, 0) is 176 Å². The summed E-state index contributed by atoms with van der Waals surface area (Å²) in [5.41, 5.74) is 27.5. The van der Waals surface area contributed by atoms with Crippen LogP contribution in [0.2, 0.25) is 0 Å². The highest BCUT2D eigenvalue weighted by atomic mass is 16.3. The van der Waals surface area contributed by atoms with Crippen LogP contribution in [0.1, 0.15) is 40.0 Å². The summed E-state index contributed by atoms with van der Waals surface area (Å²) >= 11 is 0. The first-order valence-electron chi connectivity index (χ1n) is 30.8. The monoisotopic (exact) mass is 1140 g/mol. The van der Waals surface area contributed by atoms with Crippen LogP contribution < -0.4 is 9.80 Å². The van der Waals surface area contributed by atoms with Crippen LogP contribution in [-0.2, 0) is 11.8 Å². The molecule has 0 saturated carbocycles. The van der Waals surface area contributed by atoms with Crippen LogP contribution in [0.15, 0.2) is 318 Å². The van der Waals surface area contributed by atoms with Crippen LogP contribution in [0, 0.1) is 0 Å². The van der Waals surface area contributed by atoms with E-state index in [1.165, 1.54) is 33.2 Å². The number of aryl methyl sites for hydroxylation is 1. The minimum atomic E-state index is -1.00. The van der Waals surface area contributed by atoms with Crippen molar-refractivity contribution in [3.63, 3.8) is 0 Å². The van der Waals surface area contributed by atoms with Crippen molar-refractivity contribution in [2.75, 3.05) is 9.80 Å². The number of anilines is 6. The number of allylic oxidation sites excluding steroid dienone is 1. The van der Waals surface area contributed by atoms with E-state index >= 15 is 0 Å². The fraction of sp³-hybridized carbons (Fsp3) is 0.0353. The number of hydrogen-bond donors (Lipinski definition) is 0. The van der Waals surface area contributed by atoms with Crippen molar-refractivity contribution in [2.24, 2.45) is 0 Å². The SMILES string of the molecule is C1=Cc2oc3c(-c4ccc5c(c4)C4(c6cc(-c7ccccc7)ccc6N(c6ccc(-c7ccccc7)cc6)c6ccc(-c7ccccc7)cc64)c4cc(-c6cccc7c6oc6ccccc67)ccc4N5c4ccc(-c5ccccc5)cc4)cccc3c2CC1. The first-order chi connectivity index (χ1) is 44.1. The third-order valence-electron chi connectivity index (χ3n) is 19.0. The summed E-state index contributed by atoms with van der Waals surface area (Å²) in [5.74, 6) is 0.952. The summed E-state index contributed by atoms with van der Waals surface area (Å²) in [7, 11) is 0. The Hall–Kier alpha value is -11.5. The first-order valence-corrected chi connectivity index (χ1v) is 30.8. The van der Waals surface area contributed by atoms with Gasteiger partial charge in [0.05, 0.1) is 28.2 Å². The second kappa shape index (κ2) is 20.3. The zero-order chi connectivity index (χ0) is 58.6. The van der Waals surface area contributed by atoms with Crippen LogP contribution in [0.25, 0.3) is 106 Å². The van der Waals surface area contributed by atoms with Gasteiger partial charge in [0.2, 0.25) is 0 Å². The van der Waals surface area contributed by atoms with Gasteiger partial charge in [0, 0.05) is 44.2 Å². The number of fused-ring (bicyclic) bond motifs is 14. The molecule has 418 valence electrons. The van der Waals surface area contributed by atoms with Gasteiger partial charge in [-0.3, -0.25) is 0 Å². The van der Waals surface area contributed by atoms with Crippen molar-refractivity contribution in [1.82, 2.24) is 0 Å². The Morgan fingerprint density at radius 2 is 0.663 bits per heavy atom. The largest absolute Gasteiger partial charge is 0.456 e. The number of benzene rings is 13. The lowest BCUT2D eigenvalue weighted by molar-refractivity contribution is 0.596. The number of nitrogens with zero attached hydrogens (tertiary/aromatic N) is 2. The normalized spacial score (nSPS) is 13.5. The number of rotatable bonds is 8. The fourth-order valence-corrected chi connectivity index (χ4v) is 14.8. The zero-order valence-electron chi connectivity index (χ0n) is 48.6. The Morgan fingerprint density at radius 3 is 1.15 bits per heavy atom. The van der Waals surface area contributed by atoms with Crippen molar-refractivity contribution in [2.45, 2.75) is 18.3 Å². The fourth-order valence-electron chi connectivity index (χ4n) is 14.8. The van der Waals surface area contributed by atoms with E-state index in [1.54, 1.807) is 0 Å².